The zero-order valence-electron chi connectivity index (χ0n) is 18.3. The molecule has 4 rings (SSSR count). The normalized spacial score (nSPS) is 17.3. The highest BCUT2D eigenvalue weighted by Gasteiger charge is 2.40. The van der Waals surface area contributed by atoms with Crippen molar-refractivity contribution in [2.75, 3.05) is 11.9 Å². The van der Waals surface area contributed by atoms with Gasteiger partial charge in [-0.25, -0.2) is 4.68 Å². The van der Waals surface area contributed by atoms with Crippen LogP contribution in [-0.2, 0) is 14.3 Å². The Morgan fingerprint density at radius 2 is 1.74 bits per heavy atom. The zero-order valence-corrected chi connectivity index (χ0v) is 18.3. The van der Waals surface area contributed by atoms with Crippen molar-refractivity contribution in [3.05, 3.63) is 65.2 Å². The smallest absolute Gasteiger partial charge is 0.309 e. The lowest BCUT2D eigenvalue weighted by Crippen LogP contribution is -2.23. The van der Waals surface area contributed by atoms with Gasteiger partial charge in [-0.05, 0) is 68.0 Å². The minimum Gasteiger partial charge on any atom is -0.455 e. The molecule has 0 bridgehead atoms. The van der Waals surface area contributed by atoms with Gasteiger partial charge in [0.2, 0.25) is 0 Å². The van der Waals surface area contributed by atoms with Gasteiger partial charge in [0.05, 0.1) is 17.3 Å². The second-order valence-corrected chi connectivity index (χ2v) is 8.39. The van der Waals surface area contributed by atoms with Crippen LogP contribution in [0.15, 0.2) is 48.5 Å². The number of ether oxygens (including phenoxy) is 1. The number of nitrogens with one attached hydrogen (secondary N) is 1. The highest BCUT2D eigenvalue weighted by Crippen LogP contribution is 2.38. The van der Waals surface area contributed by atoms with E-state index in [9.17, 15) is 9.59 Å². The molecule has 1 fully saturated rings. The molecule has 2 atom stereocenters. The highest BCUT2D eigenvalue weighted by molar-refractivity contribution is 5.93. The summed E-state index contributed by atoms with van der Waals surface area (Å²) in [7, 11) is 0. The second kappa shape index (κ2) is 8.38. The molecule has 1 amide bonds. The molecule has 1 aliphatic carbocycles. The SMILES string of the molecule is Cc1cc(C)c(-c2cc(NC(=O)COC(=O)[C@H]3C[C@H]3C)n(-c3ccccc3)n2)cc1C. The number of hydrogen-bond donors (Lipinski definition) is 1. The van der Waals surface area contributed by atoms with E-state index in [0.717, 1.165) is 28.9 Å². The molecule has 1 heterocycles. The molecule has 0 aliphatic heterocycles. The molecule has 31 heavy (non-hydrogen) atoms. The van der Waals surface area contributed by atoms with Crippen LogP contribution in [0, 0.1) is 32.6 Å². The Morgan fingerprint density at radius 1 is 1.06 bits per heavy atom. The molecule has 1 saturated carbocycles. The maximum Gasteiger partial charge on any atom is 0.309 e. The van der Waals surface area contributed by atoms with Gasteiger partial charge in [0.1, 0.15) is 5.82 Å². The number of carbonyl (C=O) groups is 2. The molecular formula is C25H27N3O3. The van der Waals surface area contributed by atoms with Crippen LogP contribution in [-0.4, -0.2) is 28.3 Å². The number of para-hydroxylation sites is 1. The van der Waals surface area contributed by atoms with Crippen LogP contribution in [0.3, 0.4) is 0 Å². The molecule has 6 heteroatoms. The summed E-state index contributed by atoms with van der Waals surface area (Å²) >= 11 is 0. The molecule has 6 nitrogen and oxygen atoms in total. The quantitative estimate of drug-likeness (QED) is 0.595. The molecule has 0 unspecified atom stereocenters. The van der Waals surface area contributed by atoms with E-state index < -0.39 is 0 Å². The minimum atomic E-state index is -0.387. The lowest BCUT2D eigenvalue weighted by Gasteiger charge is -2.09. The number of hydrogen-bond acceptors (Lipinski definition) is 4. The van der Waals surface area contributed by atoms with Crippen molar-refractivity contribution < 1.29 is 14.3 Å². The molecule has 160 valence electrons. The fraction of sp³-hybridized carbons (Fsp3) is 0.320. The van der Waals surface area contributed by atoms with Crippen LogP contribution in [0.1, 0.15) is 30.0 Å². The monoisotopic (exact) mass is 417 g/mol. The Hall–Kier alpha value is -3.41. The largest absolute Gasteiger partial charge is 0.455 e. The fourth-order valence-electron chi connectivity index (χ4n) is 3.68. The lowest BCUT2D eigenvalue weighted by atomic mass is 9.99. The van der Waals surface area contributed by atoms with Gasteiger partial charge in [-0.3, -0.25) is 9.59 Å². The third-order valence-electron chi connectivity index (χ3n) is 5.85. The first-order valence-corrected chi connectivity index (χ1v) is 10.5. The second-order valence-electron chi connectivity index (χ2n) is 8.39. The number of anilines is 1. The fourth-order valence-corrected chi connectivity index (χ4v) is 3.68. The molecule has 1 N–H and O–H groups in total. The average molecular weight is 418 g/mol. The maximum atomic E-state index is 12.5. The maximum absolute atomic E-state index is 12.5. The molecule has 0 radical (unpaired) electrons. The van der Waals surface area contributed by atoms with E-state index in [-0.39, 0.29) is 24.4 Å². The van der Waals surface area contributed by atoms with Gasteiger partial charge in [-0.2, -0.15) is 5.10 Å². The van der Waals surface area contributed by atoms with Gasteiger partial charge in [0.15, 0.2) is 6.61 Å². The third kappa shape index (κ3) is 4.53. The summed E-state index contributed by atoms with van der Waals surface area (Å²) in [5, 5.41) is 7.63. The third-order valence-corrected chi connectivity index (χ3v) is 5.85. The molecule has 2 aromatic carbocycles. The van der Waals surface area contributed by atoms with Gasteiger partial charge in [-0.15, -0.1) is 0 Å². The van der Waals surface area contributed by atoms with Gasteiger partial charge in [-0.1, -0.05) is 31.2 Å². The summed E-state index contributed by atoms with van der Waals surface area (Å²) < 4.78 is 6.88. The van der Waals surface area contributed by atoms with E-state index >= 15 is 0 Å². The first-order chi connectivity index (χ1) is 14.8. The summed E-state index contributed by atoms with van der Waals surface area (Å²) in [6.07, 6.45) is 0.833. The number of aryl methyl sites for hydroxylation is 3. The summed E-state index contributed by atoms with van der Waals surface area (Å²) in [5.74, 6) is 0.119. The highest BCUT2D eigenvalue weighted by atomic mass is 16.5. The summed E-state index contributed by atoms with van der Waals surface area (Å²) in [6, 6.07) is 15.7. The van der Waals surface area contributed by atoms with Gasteiger partial charge in [0, 0.05) is 11.6 Å². The molecule has 1 aromatic heterocycles. The van der Waals surface area contributed by atoms with Crippen LogP contribution in [0.5, 0.6) is 0 Å². The summed E-state index contributed by atoms with van der Waals surface area (Å²) in [4.78, 5) is 24.4. The number of rotatable bonds is 6. The van der Waals surface area contributed by atoms with E-state index in [0.29, 0.717) is 11.7 Å². The van der Waals surface area contributed by atoms with Crippen molar-refractivity contribution in [1.82, 2.24) is 9.78 Å². The number of nitrogens with zero attached hydrogens (tertiary/aromatic N) is 2. The van der Waals surface area contributed by atoms with Crippen LogP contribution in [0.4, 0.5) is 5.82 Å². The zero-order chi connectivity index (χ0) is 22.1. The first-order valence-electron chi connectivity index (χ1n) is 10.5. The van der Waals surface area contributed by atoms with E-state index in [1.54, 1.807) is 4.68 Å². The van der Waals surface area contributed by atoms with Crippen molar-refractivity contribution in [3.8, 4) is 16.9 Å². The molecular weight excluding hydrogens is 390 g/mol. The molecule has 3 aromatic rings. The Labute approximate surface area is 182 Å². The van der Waals surface area contributed by atoms with Crippen LogP contribution in [0.2, 0.25) is 0 Å². The van der Waals surface area contributed by atoms with E-state index in [2.05, 4.69) is 38.2 Å². The number of esters is 1. The molecule has 1 aliphatic rings. The van der Waals surface area contributed by atoms with Crippen LogP contribution < -0.4 is 5.32 Å². The topological polar surface area (TPSA) is 73.2 Å². The van der Waals surface area contributed by atoms with Crippen molar-refractivity contribution >= 4 is 17.7 Å². The number of aromatic nitrogens is 2. The number of carbonyl (C=O) groups excluding carboxylic acids is 2. The van der Waals surface area contributed by atoms with Crippen LogP contribution in [0.25, 0.3) is 16.9 Å². The van der Waals surface area contributed by atoms with E-state index in [1.807, 2.05) is 43.3 Å². The van der Waals surface area contributed by atoms with Crippen molar-refractivity contribution in [1.29, 1.82) is 0 Å². The van der Waals surface area contributed by atoms with Gasteiger partial charge in [0.25, 0.3) is 5.91 Å². The average Bonchev–Trinajstić information content (AvgIpc) is 3.34. The van der Waals surface area contributed by atoms with Crippen LogP contribution >= 0.6 is 0 Å². The Morgan fingerprint density at radius 3 is 2.42 bits per heavy atom. The summed E-state index contributed by atoms with van der Waals surface area (Å²) in [6.45, 7) is 7.91. The number of benzene rings is 2. The van der Waals surface area contributed by atoms with Crippen molar-refractivity contribution in [2.24, 2.45) is 11.8 Å². The molecule has 0 spiro atoms. The van der Waals surface area contributed by atoms with E-state index in [4.69, 9.17) is 9.84 Å². The predicted octanol–water partition coefficient (Wildman–Crippen LogP) is 4.60. The Kier molecular flexibility index (Phi) is 5.63. The Bertz CT molecular complexity index is 1130. The lowest BCUT2D eigenvalue weighted by molar-refractivity contribution is -0.148. The number of amides is 1. The van der Waals surface area contributed by atoms with Crippen molar-refractivity contribution in [2.45, 2.75) is 34.1 Å². The summed E-state index contributed by atoms with van der Waals surface area (Å²) in [5.41, 5.74) is 6.14. The molecule has 0 saturated heterocycles. The standard InChI is InChI=1S/C25H27N3O3/c1-15-10-17(3)20(11-16(15)2)22-13-23(28(27-22)19-8-6-5-7-9-19)26-24(29)14-31-25(30)21-12-18(21)4/h5-11,13,18,21H,12,14H2,1-4H3,(H,26,29)/t18-,21+/m1/s1. The van der Waals surface area contributed by atoms with Gasteiger partial charge < -0.3 is 10.1 Å². The first kappa shape index (κ1) is 20.8. The minimum absolute atomic E-state index is 0.0676. The predicted molar refractivity (Wildman–Crippen MR) is 120 cm³/mol. The Balaban J connectivity index is 1.61. The van der Waals surface area contributed by atoms with E-state index in [1.165, 1.54) is 11.1 Å². The van der Waals surface area contributed by atoms with Crippen molar-refractivity contribution in [3.63, 3.8) is 0 Å². The van der Waals surface area contributed by atoms with Gasteiger partial charge >= 0.3 is 5.97 Å².